The summed E-state index contributed by atoms with van der Waals surface area (Å²) in [6.07, 6.45) is 1.18. The molecule has 2 aromatic rings. The third-order valence-electron chi connectivity index (χ3n) is 5.36. The summed E-state index contributed by atoms with van der Waals surface area (Å²) in [6, 6.07) is 4.12. The Morgan fingerprint density at radius 3 is 2.71 bits per heavy atom. The molecule has 0 aliphatic carbocycles. The molecule has 0 radical (unpaired) electrons. The van der Waals surface area contributed by atoms with Crippen molar-refractivity contribution in [1.82, 2.24) is 0 Å². The lowest BCUT2D eigenvalue weighted by molar-refractivity contribution is -0.108. The Kier molecular flexibility index (Phi) is 4.26. The molecule has 3 rings (SSSR count). The molecule has 128 valence electrons. The molecule has 0 saturated heterocycles. The van der Waals surface area contributed by atoms with E-state index in [4.69, 9.17) is 4.42 Å². The van der Waals surface area contributed by atoms with Gasteiger partial charge in [-0.05, 0) is 72.9 Å². The monoisotopic (exact) mass is 439 g/mol. The number of benzene rings is 1. The summed E-state index contributed by atoms with van der Waals surface area (Å²) in [6.45, 7) is 8.60. The maximum Gasteiger partial charge on any atom is 0.340 e. The number of fused-ring (bicyclic) bond motifs is 2. The van der Waals surface area contributed by atoms with Crippen LogP contribution in [0.4, 0.5) is 5.69 Å². The molecule has 24 heavy (non-hydrogen) atoms. The van der Waals surface area contributed by atoms with Crippen molar-refractivity contribution in [2.45, 2.75) is 52.0 Å². The number of carbonyl (C=O) groups excluding carboxylic acids is 1. The Balaban J connectivity index is 2.29. The standard InChI is InChI=1S/C19H22INO3/c1-10-9-19(3,4)21(5)15-8-16-13(6-12(10)15)11(2)14(7-17(20)22)18(23)24-16/h6,8,10H,7,9H2,1-5H3. The van der Waals surface area contributed by atoms with E-state index in [0.29, 0.717) is 17.1 Å². The maximum absolute atomic E-state index is 12.3. The second-order valence-corrected chi connectivity index (χ2v) is 8.61. The van der Waals surface area contributed by atoms with Gasteiger partial charge in [-0.15, -0.1) is 0 Å². The van der Waals surface area contributed by atoms with Gasteiger partial charge in [0, 0.05) is 41.7 Å². The molecule has 0 spiro atoms. The molecular formula is C19H22INO3. The molecule has 0 saturated carbocycles. The highest BCUT2D eigenvalue weighted by molar-refractivity contribution is 14.1. The van der Waals surface area contributed by atoms with Crippen molar-refractivity contribution in [1.29, 1.82) is 0 Å². The van der Waals surface area contributed by atoms with E-state index in [2.05, 4.69) is 38.8 Å². The summed E-state index contributed by atoms with van der Waals surface area (Å²) in [7, 11) is 2.09. The smallest absolute Gasteiger partial charge is 0.340 e. The van der Waals surface area contributed by atoms with E-state index in [1.165, 1.54) is 5.56 Å². The third-order valence-corrected chi connectivity index (χ3v) is 5.74. The Hall–Kier alpha value is -1.37. The Bertz CT molecular complexity index is 898. The fraction of sp³-hybridized carbons (Fsp3) is 0.474. The molecule has 1 aliphatic rings. The zero-order valence-corrected chi connectivity index (χ0v) is 16.9. The third kappa shape index (κ3) is 2.76. The van der Waals surface area contributed by atoms with Crippen LogP contribution in [-0.4, -0.2) is 16.4 Å². The summed E-state index contributed by atoms with van der Waals surface area (Å²) in [5.74, 6) is 0.427. The van der Waals surface area contributed by atoms with Gasteiger partial charge in [-0.3, -0.25) is 4.79 Å². The first-order chi connectivity index (χ1) is 11.1. The predicted molar refractivity (Wildman–Crippen MR) is 105 cm³/mol. The van der Waals surface area contributed by atoms with Gasteiger partial charge in [-0.1, -0.05) is 6.92 Å². The van der Waals surface area contributed by atoms with Gasteiger partial charge < -0.3 is 9.32 Å². The van der Waals surface area contributed by atoms with Crippen molar-refractivity contribution < 1.29 is 9.21 Å². The van der Waals surface area contributed by atoms with Crippen LogP contribution in [0, 0.1) is 6.92 Å². The Morgan fingerprint density at radius 1 is 1.42 bits per heavy atom. The minimum Gasteiger partial charge on any atom is -0.422 e. The topological polar surface area (TPSA) is 50.5 Å². The van der Waals surface area contributed by atoms with Crippen molar-refractivity contribution in [3.8, 4) is 0 Å². The van der Waals surface area contributed by atoms with Gasteiger partial charge in [0.2, 0.25) is 0 Å². The van der Waals surface area contributed by atoms with Gasteiger partial charge in [-0.2, -0.15) is 0 Å². The molecule has 0 amide bonds. The Morgan fingerprint density at radius 2 is 2.08 bits per heavy atom. The van der Waals surface area contributed by atoms with Gasteiger partial charge in [-0.25, -0.2) is 4.79 Å². The Labute approximate surface area is 155 Å². The van der Waals surface area contributed by atoms with Gasteiger partial charge >= 0.3 is 5.63 Å². The fourth-order valence-electron chi connectivity index (χ4n) is 3.79. The van der Waals surface area contributed by atoms with E-state index < -0.39 is 5.63 Å². The number of hydrogen-bond donors (Lipinski definition) is 0. The SMILES string of the molecule is Cc1c(CC(=O)I)c(=O)oc2cc3c(cc12)C(C)CC(C)(C)N3C. The van der Waals surface area contributed by atoms with E-state index in [9.17, 15) is 9.59 Å². The molecule has 5 heteroatoms. The summed E-state index contributed by atoms with van der Waals surface area (Å²) < 4.78 is 5.49. The summed E-state index contributed by atoms with van der Waals surface area (Å²) in [4.78, 5) is 26.0. The maximum atomic E-state index is 12.3. The lowest BCUT2D eigenvalue weighted by atomic mass is 9.80. The van der Waals surface area contributed by atoms with Crippen LogP contribution in [0.3, 0.4) is 0 Å². The van der Waals surface area contributed by atoms with Gasteiger partial charge in [0.05, 0.1) is 0 Å². The summed E-state index contributed by atoms with van der Waals surface area (Å²) in [5, 5.41) is 0.931. The number of hydrogen-bond acceptors (Lipinski definition) is 4. The average molecular weight is 439 g/mol. The lowest BCUT2D eigenvalue weighted by Gasteiger charge is -2.45. The number of rotatable bonds is 2. The zero-order chi connectivity index (χ0) is 17.8. The minimum atomic E-state index is -0.407. The zero-order valence-electron chi connectivity index (χ0n) is 14.7. The van der Waals surface area contributed by atoms with Crippen molar-refractivity contribution in [3.05, 3.63) is 39.2 Å². The van der Waals surface area contributed by atoms with E-state index in [-0.39, 0.29) is 15.7 Å². The average Bonchev–Trinajstić information content (AvgIpc) is 2.47. The molecule has 1 atom stereocenters. The van der Waals surface area contributed by atoms with Crippen LogP contribution in [0.5, 0.6) is 0 Å². The molecule has 1 unspecified atom stereocenters. The van der Waals surface area contributed by atoms with Crippen molar-refractivity contribution >= 4 is 43.0 Å². The molecular weight excluding hydrogens is 417 g/mol. The van der Waals surface area contributed by atoms with Crippen molar-refractivity contribution in [2.75, 3.05) is 11.9 Å². The number of anilines is 1. The van der Waals surface area contributed by atoms with Crippen molar-refractivity contribution in [3.63, 3.8) is 0 Å². The molecule has 1 aromatic carbocycles. The highest BCUT2D eigenvalue weighted by Crippen LogP contribution is 2.44. The molecule has 4 nitrogen and oxygen atoms in total. The normalized spacial score (nSPS) is 19.4. The predicted octanol–water partition coefficient (Wildman–Crippen LogP) is 4.33. The first kappa shape index (κ1) is 17.5. The lowest BCUT2D eigenvalue weighted by Crippen LogP contribution is -2.45. The van der Waals surface area contributed by atoms with Gasteiger partial charge in [0.1, 0.15) is 5.58 Å². The number of halogens is 1. The molecule has 0 N–H and O–H groups in total. The molecule has 2 heterocycles. The molecule has 1 aliphatic heterocycles. The molecule has 0 fully saturated rings. The van der Waals surface area contributed by atoms with Crippen LogP contribution in [0.15, 0.2) is 21.3 Å². The number of aryl methyl sites for hydroxylation is 1. The van der Waals surface area contributed by atoms with Crippen LogP contribution in [-0.2, 0) is 11.2 Å². The van der Waals surface area contributed by atoms with Crippen LogP contribution in [0.25, 0.3) is 11.0 Å². The number of carbonyl (C=O) groups is 1. The molecule has 1 aromatic heterocycles. The summed E-state index contributed by atoms with van der Waals surface area (Å²) >= 11 is 1.72. The largest absolute Gasteiger partial charge is 0.422 e. The van der Waals surface area contributed by atoms with E-state index in [1.807, 2.05) is 13.0 Å². The second-order valence-electron chi connectivity index (χ2n) is 7.41. The van der Waals surface area contributed by atoms with Gasteiger partial charge in [0.15, 0.2) is 3.79 Å². The minimum absolute atomic E-state index is 0.0585. The van der Waals surface area contributed by atoms with Crippen LogP contribution < -0.4 is 10.5 Å². The van der Waals surface area contributed by atoms with Crippen molar-refractivity contribution in [2.24, 2.45) is 0 Å². The first-order valence-electron chi connectivity index (χ1n) is 8.14. The quantitative estimate of drug-likeness (QED) is 0.397. The number of nitrogens with zero attached hydrogens (tertiary/aromatic N) is 1. The van der Waals surface area contributed by atoms with Crippen LogP contribution >= 0.6 is 22.6 Å². The summed E-state index contributed by atoms with van der Waals surface area (Å²) in [5.41, 5.74) is 3.96. The molecule has 0 bridgehead atoms. The first-order valence-corrected chi connectivity index (χ1v) is 9.22. The highest BCUT2D eigenvalue weighted by Gasteiger charge is 2.34. The van der Waals surface area contributed by atoms with Gasteiger partial charge in [0.25, 0.3) is 0 Å². The van der Waals surface area contributed by atoms with Crippen LogP contribution in [0.1, 0.15) is 49.8 Å². The van der Waals surface area contributed by atoms with E-state index >= 15 is 0 Å². The van der Waals surface area contributed by atoms with E-state index in [1.54, 1.807) is 22.6 Å². The fourth-order valence-corrected chi connectivity index (χ4v) is 4.17. The van der Waals surface area contributed by atoms with E-state index in [0.717, 1.165) is 23.1 Å². The second kappa shape index (κ2) is 5.86. The highest BCUT2D eigenvalue weighted by atomic mass is 127. The van der Waals surface area contributed by atoms with Crippen LogP contribution in [0.2, 0.25) is 0 Å².